The van der Waals surface area contributed by atoms with Crippen LogP contribution < -0.4 is 5.32 Å². The highest BCUT2D eigenvalue weighted by Crippen LogP contribution is 2.31. The maximum atomic E-state index is 13.1. The second-order valence-corrected chi connectivity index (χ2v) is 7.34. The van der Waals surface area contributed by atoms with Crippen LogP contribution in [-0.2, 0) is 9.53 Å². The van der Waals surface area contributed by atoms with Gasteiger partial charge in [-0.05, 0) is 23.6 Å². The summed E-state index contributed by atoms with van der Waals surface area (Å²) in [4.78, 5) is 30.1. The van der Waals surface area contributed by atoms with Gasteiger partial charge in [0.25, 0.3) is 5.91 Å². The van der Waals surface area contributed by atoms with Crippen molar-refractivity contribution in [3.8, 4) is 0 Å². The summed E-state index contributed by atoms with van der Waals surface area (Å²) in [5.41, 5.74) is 1.12. The van der Waals surface area contributed by atoms with E-state index in [4.69, 9.17) is 4.74 Å². The summed E-state index contributed by atoms with van der Waals surface area (Å²) in [6, 6.07) is 12.7. The standard InChI is InChI=1S/C20H21N3O3S/c1-13(2)17-15(19(25)26-3)21-20(27-17)22-18(24)16(23-11-7-8-12-23)14-9-5-4-6-10-14/h4-13,16H,1-3H3,(H,21,22,24). The molecule has 140 valence electrons. The maximum absolute atomic E-state index is 13.1. The summed E-state index contributed by atoms with van der Waals surface area (Å²) in [5, 5.41) is 3.25. The molecule has 27 heavy (non-hydrogen) atoms. The summed E-state index contributed by atoms with van der Waals surface area (Å²) in [6.07, 6.45) is 3.69. The molecule has 1 N–H and O–H groups in total. The Morgan fingerprint density at radius 1 is 1.11 bits per heavy atom. The van der Waals surface area contributed by atoms with Gasteiger partial charge in [0, 0.05) is 17.3 Å². The number of anilines is 1. The molecule has 2 heterocycles. The zero-order valence-corrected chi connectivity index (χ0v) is 16.2. The number of thiazole rings is 1. The van der Waals surface area contributed by atoms with Crippen LogP contribution in [0.1, 0.15) is 46.7 Å². The molecule has 0 bridgehead atoms. The normalized spacial score (nSPS) is 12.0. The molecule has 0 saturated heterocycles. The summed E-state index contributed by atoms with van der Waals surface area (Å²) >= 11 is 1.30. The van der Waals surface area contributed by atoms with Gasteiger partial charge in [0.05, 0.1) is 7.11 Å². The third-order valence-corrected chi connectivity index (χ3v) is 5.35. The highest BCUT2D eigenvalue weighted by molar-refractivity contribution is 7.16. The molecule has 2 aromatic heterocycles. The number of rotatable bonds is 6. The Kier molecular flexibility index (Phi) is 5.71. The minimum absolute atomic E-state index is 0.0941. The van der Waals surface area contributed by atoms with Crippen molar-refractivity contribution in [3.05, 3.63) is 71.0 Å². The van der Waals surface area contributed by atoms with E-state index in [1.165, 1.54) is 18.4 Å². The van der Waals surface area contributed by atoms with E-state index in [1.54, 1.807) is 0 Å². The van der Waals surface area contributed by atoms with Crippen LogP contribution in [-0.4, -0.2) is 28.5 Å². The van der Waals surface area contributed by atoms with Crippen LogP contribution in [0.2, 0.25) is 0 Å². The van der Waals surface area contributed by atoms with Gasteiger partial charge < -0.3 is 9.30 Å². The number of nitrogens with zero attached hydrogens (tertiary/aromatic N) is 2. The molecule has 0 fully saturated rings. The van der Waals surface area contributed by atoms with E-state index < -0.39 is 12.0 Å². The molecule has 0 aliphatic carbocycles. The molecule has 0 spiro atoms. The topological polar surface area (TPSA) is 73.2 Å². The molecular weight excluding hydrogens is 362 g/mol. The Labute approximate surface area is 161 Å². The quantitative estimate of drug-likeness (QED) is 0.651. The highest BCUT2D eigenvalue weighted by atomic mass is 32.1. The van der Waals surface area contributed by atoms with Crippen LogP contribution in [0.4, 0.5) is 5.13 Å². The number of carbonyl (C=O) groups is 2. The molecule has 3 aromatic rings. The van der Waals surface area contributed by atoms with Gasteiger partial charge >= 0.3 is 5.97 Å². The number of esters is 1. The van der Waals surface area contributed by atoms with E-state index in [9.17, 15) is 9.59 Å². The van der Waals surface area contributed by atoms with Gasteiger partial charge in [-0.1, -0.05) is 44.2 Å². The van der Waals surface area contributed by atoms with Crippen molar-refractivity contribution in [1.82, 2.24) is 9.55 Å². The fourth-order valence-electron chi connectivity index (χ4n) is 2.81. The number of hydrogen-bond acceptors (Lipinski definition) is 5. The summed E-state index contributed by atoms with van der Waals surface area (Å²) in [5.74, 6) is -0.630. The van der Waals surface area contributed by atoms with Crippen LogP contribution in [0.25, 0.3) is 0 Å². The molecule has 3 rings (SSSR count). The predicted molar refractivity (Wildman–Crippen MR) is 105 cm³/mol. The van der Waals surface area contributed by atoms with Crippen LogP contribution in [0.15, 0.2) is 54.9 Å². The average molecular weight is 383 g/mol. The SMILES string of the molecule is COC(=O)c1nc(NC(=O)C(c2ccccc2)n2cccc2)sc1C(C)C. The number of benzene rings is 1. The third kappa shape index (κ3) is 4.09. The van der Waals surface area contributed by atoms with Crippen molar-refractivity contribution in [2.45, 2.75) is 25.8 Å². The van der Waals surface area contributed by atoms with Crippen molar-refractivity contribution in [1.29, 1.82) is 0 Å². The van der Waals surface area contributed by atoms with Gasteiger partial charge in [-0.2, -0.15) is 0 Å². The molecule has 0 saturated carbocycles. The zero-order valence-electron chi connectivity index (χ0n) is 15.4. The Morgan fingerprint density at radius 2 is 1.78 bits per heavy atom. The predicted octanol–water partition coefficient (Wildman–Crippen LogP) is 4.08. The summed E-state index contributed by atoms with van der Waals surface area (Å²) in [7, 11) is 1.32. The van der Waals surface area contributed by atoms with E-state index in [0.29, 0.717) is 5.13 Å². The van der Waals surface area contributed by atoms with Crippen molar-refractivity contribution >= 4 is 28.3 Å². The first-order chi connectivity index (χ1) is 13.0. The van der Waals surface area contributed by atoms with Crippen LogP contribution >= 0.6 is 11.3 Å². The summed E-state index contributed by atoms with van der Waals surface area (Å²) in [6.45, 7) is 3.94. The lowest BCUT2D eigenvalue weighted by molar-refractivity contribution is -0.118. The first-order valence-corrected chi connectivity index (χ1v) is 9.40. The van der Waals surface area contributed by atoms with E-state index >= 15 is 0 Å². The second-order valence-electron chi connectivity index (χ2n) is 6.31. The Morgan fingerprint density at radius 3 is 2.37 bits per heavy atom. The van der Waals surface area contributed by atoms with Gasteiger partial charge in [-0.25, -0.2) is 9.78 Å². The monoisotopic (exact) mass is 383 g/mol. The van der Waals surface area contributed by atoms with E-state index in [1.807, 2.05) is 73.3 Å². The number of ether oxygens (including phenoxy) is 1. The molecule has 7 heteroatoms. The molecule has 1 unspecified atom stereocenters. The highest BCUT2D eigenvalue weighted by Gasteiger charge is 2.26. The van der Waals surface area contributed by atoms with Gasteiger partial charge in [-0.3, -0.25) is 10.1 Å². The van der Waals surface area contributed by atoms with Crippen LogP contribution in [0, 0.1) is 0 Å². The van der Waals surface area contributed by atoms with Gasteiger partial charge in [0.1, 0.15) is 6.04 Å². The van der Waals surface area contributed by atoms with Crippen molar-refractivity contribution in [3.63, 3.8) is 0 Å². The maximum Gasteiger partial charge on any atom is 0.357 e. The number of methoxy groups -OCH3 is 1. The lowest BCUT2D eigenvalue weighted by atomic mass is 10.1. The molecule has 1 aromatic carbocycles. The third-order valence-electron chi connectivity index (χ3n) is 4.08. The van der Waals surface area contributed by atoms with E-state index in [0.717, 1.165) is 10.4 Å². The minimum atomic E-state index is -0.533. The van der Waals surface area contributed by atoms with Crippen molar-refractivity contribution in [2.24, 2.45) is 0 Å². The van der Waals surface area contributed by atoms with E-state index in [2.05, 4.69) is 10.3 Å². The smallest absolute Gasteiger partial charge is 0.357 e. The van der Waals surface area contributed by atoms with Gasteiger partial charge in [-0.15, -0.1) is 11.3 Å². The zero-order chi connectivity index (χ0) is 19.4. The molecule has 0 radical (unpaired) electrons. The second kappa shape index (κ2) is 8.18. The number of nitrogens with one attached hydrogen (secondary N) is 1. The van der Waals surface area contributed by atoms with E-state index in [-0.39, 0.29) is 17.5 Å². The minimum Gasteiger partial charge on any atom is -0.464 e. The first-order valence-electron chi connectivity index (χ1n) is 8.58. The fraction of sp³-hybridized carbons (Fsp3) is 0.250. The Bertz CT molecular complexity index is 917. The number of hydrogen-bond donors (Lipinski definition) is 1. The lowest BCUT2D eigenvalue weighted by Crippen LogP contribution is -2.26. The van der Waals surface area contributed by atoms with Crippen LogP contribution in [0.5, 0.6) is 0 Å². The Balaban J connectivity index is 1.92. The van der Waals surface area contributed by atoms with Crippen LogP contribution in [0.3, 0.4) is 0 Å². The molecule has 0 aliphatic rings. The summed E-state index contributed by atoms with van der Waals surface area (Å²) < 4.78 is 6.65. The average Bonchev–Trinajstić information content (AvgIpc) is 3.32. The molecule has 6 nitrogen and oxygen atoms in total. The Hall–Kier alpha value is -2.93. The number of aromatic nitrogens is 2. The lowest BCUT2D eigenvalue weighted by Gasteiger charge is -2.18. The van der Waals surface area contributed by atoms with Gasteiger partial charge in [0.15, 0.2) is 10.8 Å². The van der Waals surface area contributed by atoms with Crippen molar-refractivity contribution < 1.29 is 14.3 Å². The first kappa shape index (κ1) is 18.8. The fourth-order valence-corrected chi connectivity index (χ4v) is 3.77. The molecule has 0 aliphatic heterocycles. The molecular formula is C20H21N3O3S. The number of carbonyl (C=O) groups excluding carboxylic acids is 2. The molecule has 1 amide bonds. The van der Waals surface area contributed by atoms with Gasteiger partial charge in [0.2, 0.25) is 0 Å². The number of amides is 1. The largest absolute Gasteiger partial charge is 0.464 e. The van der Waals surface area contributed by atoms with Crippen molar-refractivity contribution in [2.75, 3.05) is 12.4 Å². The molecule has 1 atom stereocenters.